The molecule has 1 aromatic heterocycles. The van der Waals surface area contributed by atoms with Gasteiger partial charge in [0.15, 0.2) is 5.76 Å². The molecule has 2 heterocycles. The van der Waals surface area contributed by atoms with Gasteiger partial charge in [-0.25, -0.2) is 0 Å². The molecule has 0 spiro atoms. The van der Waals surface area contributed by atoms with Crippen LogP contribution >= 0.6 is 15.9 Å². The molecule has 0 saturated carbocycles. The van der Waals surface area contributed by atoms with E-state index >= 15 is 0 Å². The molecule has 1 saturated heterocycles. The third-order valence-corrected chi connectivity index (χ3v) is 6.04. The van der Waals surface area contributed by atoms with Gasteiger partial charge in [0.05, 0.1) is 26.4 Å². The molecule has 1 aliphatic heterocycles. The molecule has 6 nitrogen and oxygen atoms in total. The number of ether oxygens (including phenoxy) is 2. The van der Waals surface area contributed by atoms with E-state index in [1.54, 1.807) is 7.11 Å². The Kier molecular flexibility index (Phi) is 6.41. The van der Waals surface area contributed by atoms with Crippen molar-refractivity contribution in [3.8, 4) is 5.75 Å². The van der Waals surface area contributed by atoms with E-state index in [1.807, 2.05) is 37.3 Å². The lowest BCUT2D eigenvalue weighted by Crippen LogP contribution is -2.43. The molecule has 0 aliphatic carbocycles. The number of nitrogens with zero attached hydrogens (tertiary/aromatic N) is 1. The van der Waals surface area contributed by atoms with Gasteiger partial charge in [-0.3, -0.25) is 9.69 Å². The molecule has 0 radical (unpaired) electrons. The Morgan fingerprint density at radius 2 is 1.93 bits per heavy atom. The van der Waals surface area contributed by atoms with Crippen LogP contribution in [-0.2, 0) is 4.74 Å². The van der Waals surface area contributed by atoms with Crippen LogP contribution in [0.25, 0.3) is 11.0 Å². The first-order valence-corrected chi connectivity index (χ1v) is 10.8. The molecule has 7 heteroatoms. The maximum atomic E-state index is 13.0. The van der Waals surface area contributed by atoms with Crippen molar-refractivity contribution in [2.24, 2.45) is 0 Å². The number of rotatable bonds is 6. The number of halogens is 1. The van der Waals surface area contributed by atoms with Crippen molar-refractivity contribution < 1.29 is 18.7 Å². The number of furan rings is 1. The zero-order valence-corrected chi connectivity index (χ0v) is 18.7. The summed E-state index contributed by atoms with van der Waals surface area (Å²) in [7, 11) is 1.66. The molecule has 3 aromatic rings. The Bertz CT molecular complexity index is 1030. The van der Waals surface area contributed by atoms with Crippen molar-refractivity contribution in [2.75, 3.05) is 40.0 Å². The Hall–Kier alpha value is -2.35. The number of benzene rings is 2. The van der Waals surface area contributed by atoms with E-state index in [0.29, 0.717) is 31.1 Å². The molecule has 1 atom stereocenters. The summed E-state index contributed by atoms with van der Waals surface area (Å²) in [6.07, 6.45) is 0. The van der Waals surface area contributed by atoms with Crippen molar-refractivity contribution >= 4 is 32.8 Å². The largest absolute Gasteiger partial charge is 0.497 e. The number of aryl methyl sites for hydroxylation is 1. The molecule has 4 rings (SSSR count). The van der Waals surface area contributed by atoms with Gasteiger partial charge >= 0.3 is 0 Å². The lowest BCUT2D eigenvalue weighted by atomic mass is 10.0. The summed E-state index contributed by atoms with van der Waals surface area (Å²) in [6, 6.07) is 13.8. The van der Waals surface area contributed by atoms with E-state index < -0.39 is 0 Å². The predicted octanol–water partition coefficient (Wildman–Crippen LogP) is 4.32. The van der Waals surface area contributed by atoms with Crippen LogP contribution in [-0.4, -0.2) is 50.8 Å². The Morgan fingerprint density at radius 1 is 1.20 bits per heavy atom. The van der Waals surface area contributed by atoms with Gasteiger partial charge in [0.2, 0.25) is 0 Å². The first-order chi connectivity index (χ1) is 14.6. The normalized spacial score (nSPS) is 15.8. The third-order valence-electron chi connectivity index (χ3n) is 5.55. The van der Waals surface area contributed by atoms with Crippen molar-refractivity contribution in [3.05, 3.63) is 63.8 Å². The zero-order chi connectivity index (χ0) is 21.1. The summed E-state index contributed by atoms with van der Waals surface area (Å²) in [4.78, 5) is 15.3. The number of carbonyl (C=O) groups is 1. The van der Waals surface area contributed by atoms with Crippen LogP contribution in [0, 0.1) is 6.92 Å². The average molecular weight is 473 g/mol. The second kappa shape index (κ2) is 9.20. The molecule has 1 unspecified atom stereocenters. The highest BCUT2D eigenvalue weighted by molar-refractivity contribution is 9.10. The van der Waals surface area contributed by atoms with E-state index in [0.717, 1.165) is 39.8 Å². The molecule has 0 bridgehead atoms. The number of hydrogen-bond acceptors (Lipinski definition) is 5. The van der Waals surface area contributed by atoms with Crippen LogP contribution in [0.4, 0.5) is 0 Å². The fourth-order valence-corrected chi connectivity index (χ4v) is 4.21. The summed E-state index contributed by atoms with van der Waals surface area (Å²) >= 11 is 3.48. The van der Waals surface area contributed by atoms with Gasteiger partial charge in [-0.05, 0) is 42.8 Å². The predicted molar refractivity (Wildman–Crippen MR) is 119 cm³/mol. The van der Waals surface area contributed by atoms with Crippen LogP contribution in [0.1, 0.15) is 27.7 Å². The zero-order valence-electron chi connectivity index (χ0n) is 17.1. The summed E-state index contributed by atoms with van der Waals surface area (Å²) < 4.78 is 17.6. The monoisotopic (exact) mass is 472 g/mol. The van der Waals surface area contributed by atoms with E-state index in [1.165, 1.54) is 0 Å². The van der Waals surface area contributed by atoms with Crippen molar-refractivity contribution in [1.82, 2.24) is 10.2 Å². The van der Waals surface area contributed by atoms with Crippen molar-refractivity contribution in [2.45, 2.75) is 13.0 Å². The standard InChI is InChI=1S/C23H25BrN2O4/c1-15-19-13-17(24)5-8-21(19)30-22(15)23(27)25-14-20(26-9-11-29-12-10-26)16-3-6-18(28-2)7-4-16/h3-8,13,20H,9-12,14H2,1-2H3,(H,25,27). The summed E-state index contributed by atoms with van der Waals surface area (Å²) in [5.74, 6) is 0.970. The number of amides is 1. The van der Waals surface area contributed by atoms with Gasteiger partial charge in [-0.15, -0.1) is 0 Å². The van der Waals surface area contributed by atoms with Gasteiger partial charge in [0, 0.05) is 35.1 Å². The average Bonchev–Trinajstić information content (AvgIpc) is 3.11. The minimum atomic E-state index is -0.202. The minimum absolute atomic E-state index is 0.0441. The van der Waals surface area contributed by atoms with Crippen molar-refractivity contribution in [1.29, 1.82) is 0 Å². The fraction of sp³-hybridized carbons (Fsp3) is 0.348. The highest BCUT2D eigenvalue weighted by Crippen LogP contribution is 2.28. The quantitative estimate of drug-likeness (QED) is 0.578. The van der Waals surface area contributed by atoms with Gasteiger partial charge in [0.1, 0.15) is 11.3 Å². The molecule has 158 valence electrons. The van der Waals surface area contributed by atoms with Gasteiger partial charge in [0.25, 0.3) is 5.91 Å². The maximum absolute atomic E-state index is 13.0. The topological polar surface area (TPSA) is 63.9 Å². The lowest BCUT2D eigenvalue weighted by molar-refractivity contribution is 0.0161. The minimum Gasteiger partial charge on any atom is -0.497 e. The number of methoxy groups -OCH3 is 1. The number of morpholine rings is 1. The molecule has 1 N–H and O–H groups in total. The SMILES string of the molecule is COc1ccc(C(CNC(=O)c2oc3ccc(Br)cc3c2C)N2CCOCC2)cc1. The lowest BCUT2D eigenvalue weighted by Gasteiger charge is -2.35. The summed E-state index contributed by atoms with van der Waals surface area (Å²) in [6.45, 7) is 5.42. The van der Waals surface area contributed by atoms with E-state index in [2.05, 4.69) is 38.3 Å². The molecule has 1 fully saturated rings. The first-order valence-electron chi connectivity index (χ1n) is 9.99. The Morgan fingerprint density at radius 3 is 2.63 bits per heavy atom. The number of hydrogen-bond donors (Lipinski definition) is 1. The number of carbonyl (C=O) groups excluding carboxylic acids is 1. The molecule has 1 amide bonds. The number of nitrogens with one attached hydrogen (secondary N) is 1. The van der Waals surface area contributed by atoms with Gasteiger partial charge in [-0.2, -0.15) is 0 Å². The third kappa shape index (κ3) is 4.38. The van der Waals surface area contributed by atoms with Crippen LogP contribution in [0.15, 0.2) is 51.4 Å². The molecule has 30 heavy (non-hydrogen) atoms. The van der Waals surface area contributed by atoms with Crippen LogP contribution < -0.4 is 10.1 Å². The van der Waals surface area contributed by atoms with E-state index in [9.17, 15) is 4.79 Å². The summed E-state index contributed by atoms with van der Waals surface area (Å²) in [5, 5.41) is 4.02. The van der Waals surface area contributed by atoms with Gasteiger partial charge < -0.3 is 19.2 Å². The van der Waals surface area contributed by atoms with Crippen molar-refractivity contribution in [3.63, 3.8) is 0 Å². The Balaban J connectivity index is 1.54. The maximum Gasteiger partial charge on any atom is 0.287 e. The van der Waals surface area contributed by atoms with Crippen LogP contribution in [0.3, 0.4) is 0 Å². The smallest absolute Gasteiger partial charge is 0.287 e. The fourth-order valence-electron chi connectivity index (χ4n) is 3.85. The molecular formula is C23H25BrN2O4. The van der Waals surface area contributed by atoms with Crippen LogP contribution in [0.5, 0.6) is 5.75 Å². The second-order valence-corrected chi connectivity index (χ2v) is 8.26. The molecule has 1 aliphatic rings. The highest BCUT2D eigenvalue weighted by Gasteiger charge is 2.25. The first kappa shape index (κ1) is 20.9. The van der Waals surface area contributed by atoms with Gasteiger partial charge in [-0.1, -0.05) is 28.1 Å². The number of fused-ring (bicyclic) bond motifs is 1. The van der Waals surface area contributed by atoms with Crippen LogP contribution in [0.2, 0.25) is 0 Å². The Labute approximate surface area is 184 Å². The highest BCUT2D eigenvalue weighted by atomic mass is 79.9. The van der Waals surface area contributed by atoms with E-state index in [4.69, 9.17) is 13.9 Å². The molecule has 2 aromatic carbocycles. The summed E-state index contributed by atoms with van der Waals surface area (Å²) in [5.41, 5.74) is 2.68. The van der Waals surface area contributed by atoms with E-state index in [-0.39, 0.29) is 11.9 Å². The molecular weight excluding hydrogens is 448 g/mol. The second-order valence-electron chi connectivity index (χ2n) is 7.34.